The van der Waals surface area contributed by atoms with Crippen LogP contribution in [-0.2, 0) is 14.3 Å². The van der Waals surface area contributed by atoms with Gasteiger partial charge in [0.2, 0.25) is 0 Å². The number of carbonyl (C=O) groups is 2. The van der Waals surface area contributed by atoms with E-state index in [2.05, 4.69) is 0 Å². The minimum atomic E-state index is -0.551. The lowest BCUT2D eigenvalue weighted by Crippen LogP contribution is -2.27. The molecule has 0 aromatic heterocycles. The van der Waals surface area contributed by atoms with Gasteiger partial charge in [-0.25, -0.2) is 4.79 Å². The Bertz CT molecular complexity index is 1170. The maximum Gasteiger partial charge on any atom is 0.344 e. The lowest BCUT2D eigenvalue weighted by Gasteiger charge is -2.14. The van der Waals surface area contributed by atoms with Crippen molar-refractivity contribution in [2.45, 2.75) is 6.92 Å². The molecule has 172 valence electrons. The van der Waals surface area contributed by atoms with Crippen LogP contribution in [0.4, 0.5) is 11.4 Å². The molecule has 0 unspecified atom stereocenters. The number of carbonyl (C=O) groups excluding carboxylic acids is 2. The maximum atomic E-state index is 13.0. The largest absolute Gasteiger partial charge is 0.493 e. The van der Waals surface area contributed by atoms with E-state index in [9.17, 15) is 19.7 Å². The van der Waals surface area contributed by atoms with Crippen molar-refractivity contribution in [1.29, 1.82) is 0 Å². The van der Waals surface area contributed by atoms with Crippen LogP contribution in [0.5, 0.6) is 11.5 Å². The van der Waals surface area contributed by atoms with Crippen molar-refractivity contribution in [1.82, 2.24) is 0 Å². The van der Waals surface area contributed by atoms with E-state index in [1.54, 1.807) is 31.2 Å². The summed E-state index contributed by atoms with van der Waals surface area (Å²) in [6, 6.07) is 8.79. The number of thiocarbonyl (C=S) groups is 1. The summed E-state index contributed by atoms with van der Waals surface area (Å²) in [5.41, 5.74) is 0.675. The van der Waals surface area contributed by atoms with Gasteiger partial charge in [-0.1, -0.05) is 41.6 Å². The molecular weight excluding hydrogens is 492 g/mol. The second-order valence-corrected chi connectivity index (χ2v) is 8.50. The zero-order valence-electron chi connectivity index (χ0n) is 17.4. The number of esters is 1. The summed E-state index contributed by atoms with van der Waals surface area (Å²) in [7, 11) is 1.41. The Morgan fingerprint density at radius 1 is 1.33 bits per heavy atom. The van der Waals surface area contributed by atoms with E-state index in [0.29, 0.717) is 16.2 Å². The van der Waals surface area contributed by atoms with Gasteiger partial charge in [0.1, 0.15) is 0 Å². The number of benzene rings is 2. The molecule has 1 aliphatic heterocycles. The van der Waals surface area contributed by atoms with E-state index in [1.165, 1.54) is 30.2 Å². The van der Waals surface area contributed by atoms with Gasteiger partial charge in [-0.3, -0.25) is 19.8 Å². The standard InChI is InChI=1S/C21H17ClN2O7S2/c1-3-30-18(25)11-31-19-15(22)7-12(8-16(19)29-2)9-17-20(26)23(21(32)33-17)13-5-4-6-14(10-13)24(27)28/h4-10H,3,11H2,1-2H3/b17-9+. The first-order chi connectivity index (χ1) is 15.7. The summed E-state index contributed by atoms with van der Waals surface area (Å²) < 4.78 is 15.8. The number of hydrogen-bond acceptors (Lipinski definition) is 9. The molecule has 0 saturated carbocycles. The lowest BCUT2D eigenvalue weighted by molar-refractivity contribution is -0.384. The predicted octanol–water partition coefficient (Wildman–Crippen LogP) is 4.60. The topological polar surface area (TPSA) is 108 Å². The Morgan fingerprint density at radius 3 is 2.76 bits per heavy atom. The van der Waals surface area contributed by atoms with Crippen molar-refractivity contribution < 1.29 is 28.7 Å². The lowest BCUT2D eigenvalue weighted by atomic mass is 10.1. The third kappa shape index (κ3) is 5.62. The highest BCUT2D eigenvalue weighted by Gasteiger charge is 2.34. The number of amides is 1. The van der Waals surface area contributed by atoms with Gasteiger partial charge in [-0.2, -0.15) is 0 Å². The number of non-ortho nitro benzene ring substituents is 1. The molecule has 1 aliphatic rings. The summed E-state index contributed by atoms with van der Waals surface area (Å²) in [6.07, 6.45) is 1.57. The number of methoxy groups -OCH3 is 1. The fourth-order valence-electron chi connectivity index (χ4n) is 2.88. The number of halogens is 1. The number of ether oxygens (including phenoxy) is 3. The molecule has 1 saturated heterocycles. The first-order valence-electron chi connectivity index (χ1n) is 9.43. The Labute approximate surface area is 203 Å². The molecule has 1 amide bonds. The van der Waals surface area contributed by atoms with Crippen molar-refractivity contribution in [3.8, 4) is 11.5 Å². The first-order valence-corrected chi connectivity index (χ1v) is 11.0. The molecular formula is C21H17ClN2O7S2. The minimum Gasteiger partial charge on any atom is -0.493 e. The summed E-state index contributed by atoms with van der Waals surface area (Å²) in [5, 5.41) is 11.2. The zero-order valence-corrected chi connectivity index (χ0v) is 19.8. The average molecular weight is 509 g/mol. The number of thioether (sulfide) groups is 1. The van der Waals surface area contributed by atoms with Gasteiger partial charge in [0.05, 0.1) is 34.3 Å². The summed E-state index contributed by atoms with van der Waals surface area (Å²) in [4.78, 5) is 36.6. The number of nitrogens with zero attached hydrogens (tertiary/aromatic N) is 2. The van der Waals surface area contributed by atoms with Gasteiger partial charge >= 0.3 is 5.97 Å². The predicted molar refractivity (Wildman–Crippen MR) is 129 cm³/mol. The fraction of sp³-hybridized carbons (Fsp3) is 0.190. The van der Waals surface area contributed by atoms with Gasteiger partial charge in [0, 0.05) is 12.1 Å². The molecule has 0 N–H and O–H groups in total. The minimum absolute atomic E-state index is 0.152. The fourth-order valence-corrected chi connectivity index (χ4v) is 4.46. The van der Waals surface area contributed by atoms with Crippen LogP contribution in [0, 0.1) is 10.1 Å². The molecule has 1 fully saturated rings. The molecule has 2 aromatic carbocycles. The van der Waals surface area contributed by atoms with Crippen LogP contribution in [0.2, 0.25) is 5.02 Å². The monoisotopic (exact) mass is 508 g/mol. The van der Waals surface area contributed by atoms with Crippen LogP contribution < -0.4 is 14.4 Å². The van der Waals surface area contributed by atoms with E-state index in [4.69, 9.17) is 38.0 Å². The number of rotatable bonds is 8. The summed E-state index contributed by atoms with van der Waals surface area (Å²) >= 11 is 12.7. The van der Waals surface area contributed by atoms with Crippen LogP contribution in [0.15, 0.2) is 41.3 Å². The van der Waals surface area contributed by atoms with E-state index in [0.717, 1.165) is 11.8 Å². The highest BCUT2D eigenvalue weighted by molar-refractivity contribution is 8.27. The molecule has 9 nitrogen and oxygen atoms in total. The molecule has 12 heteroatoms. The van der Waals surface area contributed by atoms with E-state index < -0.39 is 16.8 Å². The van der Waals surface area contributed by atoms with Gasteiger partial charge in [-0.15, -0.1) is 0 Å². The third-order valence-corrected chi connectivity index (χ3v) is 5.86. The average Bonchev–Trinajstić information content (AvgIpc) is 3.05. The molecule has 0 spiro atoms. The highest BCUT2D eigenvalue weighted by Crippen LogP contribution is 2.40. The van der Waals surface area contributed by atoms with E-state index in [-0.39, 0.29) is 39.7 Å². The van der Waals surface area contributed by atoms with Crippen molar-refractivity contribution in [2.75, 3.05) is 25.2 Å². The number of anilines is 1. The van der Waals surface area contributed by atoms with Gasteiger partial charge in [0.15, 0.2) is 22.4 Å². The quantitative estimate of drug-likeness (QED) is 0.166. The Balaban J connectivity index is 1.87. The molecule has 33 heavy (non-hydrogen) atoms. The number of hydrogen-bond donors (Lipinski definition) is 0. The van der Waals surface area contributed by atoms with Crippen molar-refractivity contribution in [2.24, 2.45) is 0 Å². The second kappa shape index (κ2) is 10.6. The van der Waals surface area contributed by atoms with Crippen LogP contribution in [-0.4, -0.2) is 41.4 Å². The molecule has 2 aromatic rings. The van der Waals surface area contributed by atoms with Crippen molar-refractivity contribution in [3.05, 3.63) is 62.0 Å². The third-order valence-electron chi connectivity index (χ3n) is 4.28. The molecule has 0 atom stereocenters. The van der Waals surface area contributed by atoms with Crippen molar-refractivity contribution >= 4 is 69.2 Å². The highest BCUT2D eigenvalue weighted by atomic mass is 35.5. The molecule has 0 bridgehead atoms. The first kappa shape index (κ1) is 24.5. The van der Waals surface area contributed by atoms with Gasteiger partial charge in [0.25, 0.3) is 11.6 Å². The Morgan fingerprint density at radius 2 is 2.09 bits per heavy atom. The SMILES string of the molecule is CCOC(=O)COc1c(Cl)cc(/C=C2/SC(=S)N(c3cccc([N+](=O)[O-])c3)C2=O)cc1OC. The summed E-state index contributed by atoms with van der Waals surface area (Å²) in [6.45, 7) is 1.56. The number of nitro benzene ring substituents is 1. The molecule has 0 radical (unpaired) electrons. The van der Waals surface area contributed by atoms with E-state index in [1.807, 2.05) is 0 Å². The van der Waals surface area contributed by atoms with Crippen molar-refractivity contribution in [3.63, 3.8) is 0 Å². The Kier molecular flexibility index (Phi) is 7.90. The zero-order chi connectivity index (χ0) is 24.1. The normalized spacial score (nSPS) is 14.5. The molecule has 3 rings (SSSR count). The maximum absolute atomic E-state index is 13.0. The molecule has 0 aliphatic carbocycles. The van der Waals surface area contributed by atoms with Gasteiger partial charge < -0.3 is 14.2 Å². The second-order valence-electron chi connectivity index (χ2n) is 6.42. The van der Waals surface area contributed by atoms with Crippen LogP contribution in [0.3, 0.4) is 0 Å². The summed E-state index contributed by atoms with van der Waals surface area (Å²) in [5.74, 6) is -0.562. The smallest absolute Gasteiger partial charge is 0.344 e. The van der Waals surface area contributed by atoms with E-state index >= 15 is 0 Å². The van der Waals surface area contributed by atoms with Crippen LogP contribution in [0.1, 0.15) is 12.5 Å². The van der Waals surface area contributed by atoms with Crippen LogP contribution >= 0.6 is 35.6 Å². The molecule has 1 heterocycles. The number of nitro groups is 1. The van der Waals surface area contributed by atoms with Gasteiger partial charge in [-0.05, 0) is 36.8 Å². The Hall–Kier alpha value is -3.15. The van der Waals surface area contributed by atoms with Crippen LogP contribution in [0.25, 0.3) is 6.08 Å².